The molecule has 1 aromatic carbocycles. The normalized spacial score (nSPS) is 11.3. The molecule has 1 heterocycles. The molecule has 108 valence electrons. The Kier molecular flexibility index (Phi) is 4.44. The Balaban J connectivity index is 2.17. The zero-order valence-electron chi connectivity index (χ0n) is 11.2. The number of aromatic nitrogens is 1. The third-order valence-electron chi connectivity index (χ3n) is 2.64. The molecule has 0 fully saturated rings. The molecule has 0 unspecified atom stereocenters. The van der Waals surface area contributed by atoms with Gasteiger partial charge >= 0.3 is 0 Å². The van der Waals surface area contributed by atoms with Gasteiger partial charge in [-0.1, -0.05) is 13.8 Å². The molecule has 0 aliphatic carbocycles. The summed E-state index contributed by atoms with van der Waals surface area (Å²) in [6.45, 7) is 5.24. The van der Waals surface area contributed by atoms with Crippen molar-refractivity contribution in [3.05, 3.63) is 41.7 Å². The monoisotopic (exact) mass is 284 g/mol. The van der Waals surface area contributed by atoms with Crippen LogP contribution in [0.15, 0.2) is 22.7 Å². The number of rotatable bonds is 5. The Hall–Kier alpha value is -1.82. The van der Waals surface area contributed by atoms with E-state index in [1.165, 1.54) is 6.20 Å². The van der Waals surface area contributed by atoms with Crippen LogP contribution >= 0.6 is 0 Å². The van der Waals surface area contributed by atoms with Gasteiger partial charge in [0.1, 0.15) is 17.5 Å². The summed E-state index contributed by atoms with van der Waals surface area (Å²) in [6, 6.07) is 1.22. The molecule has 3 nitrogen and oxygen atoms in total. The fourth-order valence-corrected chi connectivity index (χ4v) is 1.75. The Morgan fingerprint density at radius 3 is 2.45 bits per heavy atom. The second-order valence-electron chi connectivity index (χ2n) is 4.89. The molecule has 0 saturated heterocycles. The summed E-state index contributed by atoms with van der Waals surface area (Å²) in [4.78, 5) is 3.94. The number of oxazole rings is 1. The second kappa shape index (κ2) is 6.09. The number of nitrogens with one attached hydrogen (secondary N) is 1. The Bertz CT molecular complexity index is 573. The molecule has 2 rings (SSSR count). The average Bonchev–Trinajstić information content (AvgIpc) is 2.75. The molecule has 0 aliphatic heterocycles. The van der Waals surface area contributed by atoms with E-state index in [4.69, 9.17) is 4.42 Å². The minimum Gasteiger partial charge on any atom is -0.439 e. The number of nitrogens with zero attached hydrogens (tertiary/aromatic N) is 1. The van der Waals surface area contributed by atoms with Gasteiger partial charge in [-0.05, 0) is 12.5 Å². The lowest BCUT2D eigenvalue weighted by molar-refractivity contribution is 0.454. The van der Waals surface area contributed by atoms with E-state index < -0.39 is 23.0 Å². The van der Waals surface area contributed by atoms with Crippen LogP contribution < -0.4 is 5.32 Å². The molecule has 6 heteroatoms. The van der Waals surface area contributed by atoms with E-state index in [9.17, 15) is 13.2 Å². The summed E-state index contributed by atoms with van der Waals surface area (Å²) in [5.41, 5.74) is -0.408. The van der Waals surface area contributed by atoms with Crippen molar-refractivity contribution in [2.24, 2.45) is 5.92 Å². The molecular formula is C14H15F3N2O. The maximum absolute atomic E-state index is 13.6. The zero-order valence-corrected chi connectivity index (χ0v) is 11.2. The van der Waals surface area contributed by atoms with Gasteiger partial charge in [-0.3, -0.25) is 0 Å². The lowest BCUT2D eigenvalue weighted by Crippen LogP contribution is -2.19. The zero-order chi connectivity index (χ0) is 14.7. The van der Waals surface area contributed by atoms with E-state index in [0.29, 0.717) is 30.5 Å². The predicted molar refractivity (Wildman–Crippen MR) is 68.4 cm³/mol. The van der Waals surface area contributed by atoms with Crippen LogP contribution in [-0.2, 0) is 6.54 Å². The van der Waals surface area contributed by atoms with Gasteiger partial charge in [0, 0.05) is 12.1 Å². The van der Waals surface area contributed by atoms with Crippen LogP contribution in [0.5, 0.6) is 0 Å². The highest BCUT2D eigenvalue weighted by molar-refractivity contribution is 5.58. The highest BCUT2D eigenvalue weighted by Gasteiger charge is 2.17. The summed E-state index contributed by atoms with van der Waals surface area (Å²) in [5.74, 6) is -2.26. The molecule has 0 amide bonds. The molecule has 0 radical (unpaired) electrons. The maximum Gasteiger partial charge on any atom is 0.208 e. The van der Waals surface area contributed by atoms with E-state index in [0.717, 1.165) is 6.54 Å². The van der Waals surface area contributed by atoms with Gasteiger partial charge in [-0.15, -0.1) is 0 Å². The van der Waals surface area contributed by atoms with E-state index in [1.807, 2.05) is 0 Å². The average molecular weight is 284 g/mol. The summed E-state index contributed by atoms with van der Waals surface area (Å²) < 4.78 is 45.3. The molecule has 0 aliphatic rings. The Labute approximate surface area is 114 Å². The van der Waals surface area contributed by atoms with Crippen molar-refractivity contribution in [1.82, 2.24) is 10.3 Å². The topological polar surface area (TPSA) is 38.1 Å². The standard InChI is InChI=1S/C14H15F3N2O/c1-8(2)5-18-7-13-19-6-12(20-13)14-10(16)3-9(15)4-11(14)17/h3-4,6,8,18H,5,7H2,1-2H3. The van der Waals surface area contributed by atoms with Crippen LogP contribution in [0.3, 0.4) is 0 Å². The van der Waals surface area contributed by atoms with Crippen LogP contribution in [0.2, 0.25) is 0 Å². The molecule has 0 bridgehead atoms. The van der Waals surface area contributed by atoms with Crippen LogP contribution in [0.4, 0.5) is 13.2 Å². The van der Waals surface area contributed by atoms with Gasteiger partial charge < -0.3 is 9.73 Å². The van der Waals surface area contributed by atoms with Crippen molar-refractivity contribution in [3.8, 4) is 11.3 Å². The van der Waals surface area contributed by atoms with Crippen molar-refractivity contribution in [1.29, 1.82) is 0 Å². The number of hydrogen-bond acceptors (Lipinski definition) is 3. The summed E-state index contributed by atoms with van der Waals surface area (Å²) in [6.07, 6.45) is 1.23. The molecule has 1 aromatic heterocycles. The third kappa shape index (κ3) is 3.39. The first kappa shape index (κ1) is 14.6. The van der Waals surface area contributed by atoms with Gasteiger partial charge in [0.15, 0.2) is 5.76 Å². The summed E-state index contributed by atoms with van der Waals surface area (Å²) in [7, 11) is 0. The van der Waals surface area contributed by atoms with Crippen molar-refractivity contribution in [2.45, 2.75) is 20.4 Å². The molecule has 20 heavy (non-hydrogen) atoms. The van der Waals surface area contributed by atoms with E-state index >= 15 is 0 Å². The molecular weight excluding hydrogens is 269 g/mol. The highest BCUT2D eigenvalue weighted by atomic mass is 19.1. The highest BCUT2D eigenvalue weighted by Crippen LogP contribution is 2.27. The number of benzene rings is 1. The van der Waals surface area contributed by atoms with Crippen LogP contribution in [-0.4, -0.2) is 11.5 Å². The molecule has 0 saturated carbocycles. The van der Waals surface area contributed by atoms with Gasteiger partial charge in [0.2, 0.25) is 5.89 Å². The predicted octanol–water partition coefficient (Wildman–Crippen LogP) is 3.50. The van der Waals surface area contributed by atoms with Gasteiger partial charge in [-0.2, -0.15) is 0 Å². The Morgan fingerprint density at radius 1 is 1.20 bits per heavy atom. The molecule has 1 N–H and O–H groups in total. The molecule has 2 aromatic rings. The first-order chi connectivity index (χ1) is 9.47. The summed E-state index contributed by atoms with van der Waals surface area (Å²) in [5, 5.41) is 3.10. The fraction of sp³-hybridized carbons (Fsp3) is 0.357. The minimum atomic E-state index is -1.01. The molecule has 0 spiro atoms. The quantitative estimate of drug-likeness (QED) is 0.913. The van der Waals surface area contributed by atoms with Crippen LogP contribution in [0.25, 0.3) is 11.3 Å². The maximum atomic E-state index is 13.6. The number of halogens is 3. The fourth-order valence-electron chi connectivity index (χ4n) is 1.75. The minimum absolute atomic E-state index is 0.0543. The lowest BCUT2D eigenvalue weighted by atomic mass is 10.1. The smallest absolute Gasteiger partial charge is 0.208 e. The number of hydrogen-bond donors (Lipinski definition) is 1. The van der Waals surface area contributed by atoms with Gasteiger partial charge in [-0.25, -0.2) is 18.2 Å². The largest absolute Gasteiger partial charge is 0.439 e. The van der Waals surface area contributed by atoms with Crippen molar-refractivity contribution in [2.75, 3.05) is 6.54 Å². The third-order valence-corrected chi connectivity index (χ3v) is 2.64. The first-order valence-corrected chi connectivity index (χ1v) is 6.27. The first-order valence-electron chi connectivity index (χ1n) is 6.27. The van der Waals surface area contributed by atoms with E-state index in [-0.39, 0.29) is 5.76 Å². The van der Waals surface area contributed by atoms with Crippen LogP contribution in [0, 0.1) is 23.4 Å². The van der Waals surface area contributed by atoms with Gasteiger partial charge in [0.25, 0.3) is 0 Å². The summed E-state index contributed by atoms with van der Waals surface area (Å²) >= 11 is 0. The van der Waals surface area contributed by atoms with E-state index in [1.54, 1.807) is 0 Å². The SMILES string of the molecule is CC(C)CNCc1ncc(-c2c(F)cc(F)cc2F)o1. The van der Waals surface area contributed by atoms with Crippen molar-refractivity contribution < 1.29 is 17.6 Å². The van der Waals surface area contributed by atoms with Gasteiger partial charge in [0.05, 0.1) is 18.3 Å². The Morgan fingerprint density at radius 2 is 1.85 bits per heavy atom. The van der Waals surface area contributed by atoms with Crippen LogP contribution in [0.1, 0.15) is 19.7 Å². The van der Waals surface area contributed by atoms with Crippen molar-refractivity contribution in [3.63, 3.8) is 0 Å². The second-order valence-corrected chi connectivity index (χ2v) is 4.89. The lowest BCUT2D eigenvalue weighted by Gasteiger charge is -2.04. The van der Waals surface area contributed by atoms with Crippen molar-refractivity contribution >= 4 is 0 Å². The van der Waals surface area contributed by atoms with E-state index in [2.05, 4.69) is 24.1 Å². The molecule has 0 atom stereocenters.